The van der Waals surface area contributed by atoms with E-state index >= 15 is 0 Å². The minimum absolute atomic E-state index is 0.0100. The van der Waals surface area contributed by atoms with Crippen LogP contribution in [0.2, 0.25) is 0 Å². The number of Topliss-reactive ketones (excluding diaryl/α,β-unsaturated/α-hetero) is 1. The number of carbonyl (C=O) groups is 3. The van der Waals surface area contributed by atoms with Gasteiger partial charge in [-0.2, -0.15) is 0 Å². The minimum atomic E-state index is -0.782. The van der Waals surface area contributed by atoms with Crippen LogP contribution in [0.3, 0.4) is 0 Å². The fourth-order valence-electron chi connectivity index (χ4n) is 11.7. The lowest BCUT2D eigenvalue weighted by Gasteiger charge is -2.76. The SMILES string of the molecule is CC(=O)OC1CCC2(C)C(CCC3(C)C4(C)CCC5(C(N)=O)CC(=O)C(C(C)C)=C5C4CCC23C)C1(C)C. The van der Waals surface area contributed by atoms with E-state index in [2.05, 4.69) is 55.4 Å². The number of allylic oxidation sites excluding steroid dienone is 1. The summed E-state index contributed by atoms with van der Waals surface area (Å²) in [4.78, 5) is 38.5. The highest BCUT2D eigenvalue weighted by molar-refractivity contribution is 6.06. The van der Waals surface area contributed by atoms with Gasteiger partial charge in [0, 0.05) is 18.8 Å². The molecular weight excluding hydrogens is 474 g/mol. The third kappa shape index (κ3) is 3.08. The fraction of sp³-hybridized carbons (Fsp3) is 0.848. The molecule has 212 valence electrons. The van der Waals surface area contributed by atoms with Gasteiger partial charge in [0.05, 0.1) is 5.41 Å². The summed E-state index contributed by atoms with van der Waals surface area (Å²) in [5, 5.41) is 0. The van der Waals surface area contributed by atoms with Crippen LogP contribution in [0.1, 0.15) is 120 Å². The van der Waals surface area contributed by atoms with Gasteiger partial charge in [0.2, 0.25) is 5.91 Å². The molecule has 1 amide bonds. The Morgan fingerprint density at radius 1 is 0.868 bits per heavy atom. The first-order valence-electron chi connectivity index (χ1n) is 15.2. The van der Waals surface area contributed by atoms with Gasteiger partial charge in [0.25, 0.3) is 0 Å². The van der Waals surface area contributed by atoms with E-state index in [-0.39, 0.29) is 69.1 Å². The van der Waals surface area contributed by atoms with Gasteiger partial charge in [-0.3, -0.25) is 14.4 Å². The van der Waals surface area contributed by atoms with Crippen molar-refractivity contribution in [3.8, 4) is 0 Å². The highest BCUT2D eigenvalue weighted by atomic mass is 16.5. The number of hydrogen-bond donors (Lipinski definition) is 1. The standard InChI is InChI=1S/C33H51NO4/c1-19(2)25-22(36)18-33(27(34)37)17-16-29(6)21(26(25)33)10-14-32(9)30(7)13-12-24(38-20(3)35)28(4,5)23(30)11-15-31(29,32)8/h19,21,23-24H,10-18H2,1-9H3,(H2,34,37). The molecule has 0 aromatic rings. The van der Waals surface area contributed by atoms with E-state index in [1.165, 1.54) is 6.92 Å². The molecule has 0 bridgehead atoms. The first-order valence-corrected chi connectivity index (χ1v) is 15.2. The van der Waals surface area contributed by atoms with Gasteiger partial charge in [0.1, 0.15) is 6.10 Å². The van der Waals surface area contributed by atoms with Crippen LogP contribution in [0.5, 0.6) is 0 Å². The van der Waals surface area contributed by atoms with Crippen LogP contribution >= 0.6 is 0 Å². The molecule has 5 aliphatic carbocycles. The van der Waals surface area contributed by atoms with Crippen LogP contribution in [0.25, 0.3) is 0 Å². The van der Waals surface area contributed by atoms with E-state index in [0.29, 0.717) is 12.3 Å². The molecule has 5 heteroatoms. The molecule has 0 radical (unpaired) electrons. The average Bonchev–Trinajstić information content (AvgIpc) is 3.11. The number of rotatable bonds is 3. The maximum Gasteiger partial charge on any atom is 0.302 e. The highest BCUT2D eigenvalue weighted by Crippen LogP contribution is 2.81. The zero-order valence-electron chi connectivity index (χ0n) is 25.4. The lowest BCUT2D eigenvalue weighted by atomic mass is 9.28. The largest absolute Gasteiger partial charge is 0.462 e. The van der Waals surface area contributed by atoms with Crippen LogP contribution in [-0.4, -0.2) is 23.8 Å². The molecule has 5 nitrogen and oxygen atoms in total. The molecule has 0 aromatic carbocycles. The number of esters is 1. The first kappa shape index (κ1) is 27.9. The zero-order chi connectivity index (χ0) is 28.3. The third-order valence-corrected chi connectivity index (χ3v) is 14.1. The number of ketones is 1. The Labute approximate surface area is 230 Å². The summed E-state index contributed by atoms with van der Waals surface area (Å²) in [6.45, 7) is 20.6. The monoisotopic (exact) mass is 525 g/mol. The Balaban J connectivity index is 1.62. The molecule has 0 aromatic heterocycles. The molecule has 0 spiro atoms. The molecule has 5 rings (SSSR count). The van der Waals surface area contributed by atoms with Crippen LogP contribution < -0.4 is 5.73 Å². The number of hydrogen-bond acceptors (Lipinski definition) is 4. The Hall–Kier alpha value is -1.65. The number of carbonyl (C=O) groups excluding carboxylic acids is 3. The predicted octanol–water partition coefficient (Wildman–Crippen LogP) is 6.77. The molecule has 8 unspecified atom stereocenters. The first-order chi connectivity index (χ1) is 17.4. The fourth-order valence-corrected chi connectivity index (χ4v) is 11.7. The maximum atomic E-state index is 13.4. The Kier molecular flexibility index (Phi) is 6.02. The summed E-state index contributed by atoms with van der Waals surface area (Å²) in [6.07, 6.45) is 8.18. The van der Waals surface area contributed by atoms with Crippen molar-refractivity contribution in [2.24, 2.45) is 56.0 Å². The van der Waals surface area contributed by atoms with E-state index in [1.54, 1.807) is 0 Å². The van der Waals surface area contributed by atoms with Crippen molar-refractivity contribution in [3.05, 3.63) is 11.1 Å². The van der Waals surface area contributed by atoms with Gasteiger partial charge in [-0.05, 0) is 102 Å². The molecule has 0 saturated heterocycles. The smallest absolute Gasteiger partial charge is 0.302 e. The van der Waals surface area contributed by atoms with Gasteiger partial charge in [-0.15, -0.1) is 0 Å². The van der Waals surface area contributed by atoms with Crippen molar-refractivity contribution in [1.29, 1.82) is 0 Å². The van der Waals surface area contributed by atoms with Crippen molar-refractivity contribution in [3.63, 3.8) is 0 Å². The zero-order valence-corrected chi connectivity index (χ0v) is 25.4. The van der Waals surface area contributed by atoms with Crippen molar-refractivity contribution in [2.45, 2.75) is 126 Å². The normalized spacial score (nSPS) is 47.6. The van der Waals surface area contributed by atoms with Gasteiger partial charge in [-0.25, -0.2) is 0 Å². The van der Waals surface area contributed by atoms with Crippen molar-refractivity contribution in [1.82, 2.24) is 0 Å². The summed E-state index contributed by atoms with van der Waals surface area (Å²) < 4.78 is 5.90. The maximum absolute atomic E-state index is 13.4. The number of ether oxygens (including phenoxy) is 1. The Morgan fingerprint density at radius 3 is 2.05 bits per heavy atom. The summed E-state index contributed by atoms with van der Waals surface area (Å²) in [5.41, 5.74) is 7.59. The lowest BCUT2D eigenvalue weighted by Crippen LogP contribution is -2.70. The number of fused-ring (bicyclic) bond motifs is 7. The van der Waals surface area contributed by atoms with Gasteiger partial charge < -0.3 is 10.5 Å². The number of nitrogens with two attached hydrogens (primary N) is 1. The quantitative estimate of drug-likeness (QED) is 0.412. The van der Waals surface area contributed by atoms with E-state index in [1.807, 2.05) is 0 Å². The molecule has 4 saturated carbocycles. The second-order valence-electron chi connectivity index (χ2n) is 15.7. The van der Waals surface area contributed by atoms with Crippen LogP contribution in [0.4, 0.5) is 0 Å². The molecule has 4 fully saturated rings. The molecule has 38 heavy (non-hydrogen) atoms. The molecule has 0 heterocycles. The molecule has 2 N–H and O–H groups in total. The Morgan fingerprint density at radius 2 is 1.47 bits per heavy atom. The van der Waals surface area contributed by atoms with Crippen LogP contribution in [0.15, 0.2) is 11.1 Å². The van der Waals surface area contributed by atoms with Crippen LogP contribution in [-0.2, 0) is 19.1 Å². The van der Waals surface area contributed by atoms with Crippen LogP contribution in [0, 0.1) is 50.2 Å². The second kappa shape index (κ2) is 8.19. The third-order valence-electron chi connectivity index (χ3n) is 14.1. The average molecular weight is 526 g/mol. The van der Waals surface area contributed by atoms with E-state index in [9.17, 15) is 14.4 Å². The minimum Gasteiger partial charge on any atom is -0.462 e. The highest BCUT2D eigenvalue weighted by Gasteiger charge is 2.74. The number of primary amides is 1. The summed E-state index contributed by atoms with van der Waals surface area (Å²) in [6, 6.07) is 0. The molecule has 5 aliphatic rings. The summed E-state index contributed by atoms with van der Waals surface area (Å²) >= 11 is 0. The van der Waals surface area contributed by atoms with Gasteiger partial charge in [0.15, 0.2) is 5.78 Å². The lowest BCUT2D eigenvalue weighted by molar-refractivity contribution is -0.277. The molecular formula is C33H51NO4. The summed E-state index contributed by atoms with van der Waals surface area (Å²) in [7, 11) is 0. The molecule has 0 aliphatic heterocycles. The van der Waals surface area contributed by atoms with Gasteiger partial charge >= 0.3 is 5.97 Å². The van der Waals surface area contributed by atoms with Gasteiger partial charge in [-0.1, -0.05) is 55.4 Å². The Bertz CT molecular complexity index is 1120. The van der Waals surface area contributed by atoms with E-state index in [4.69, 9.17) is 10.5 Å². The summed E-state index contributed by atoms with van der Waals surface area (Å²) in [5.74, 6) is 0.477. The van der Waals surface area contributed by atoms with E-state index in [0.717, 1.165) is 56.1 Å². The topological polar surface area (TPSA) is 86.5 Å². The van der Waals surface area contributed by atoms with Crippen molar-refractivity contribution >= 4 is 17.7 Å². The molecule has 8 atom stereocenters. The second-order valence-corrected chi connectivity index (χ2v) is 15.7. The van der Waals surface area contributed by atoms with Crippen molar-refractivity contribution < 1.29 is 19.1 Å². The van der Waals surface area contributed by atoms with E-state index < -0.39 is 5.41 Å². The van der Waals surface area contributed by atoms with Crippen molar-refractivity contribution in [2.75, 3.05) is 0 Å². The predicted molar refractivity (Wildman–Crippen MR) is 149 cm³/mol. The number of amides is 1.